The molecule has 0 bridgehead atoms. The third-order valence-corrected chi connectivity index (χ3v) is 5.17. The molecule has 1 heterocycles. The Morgan fingerprint density at radius 2 is 2.00 bits per heavy atom. The monoisotopic (exact) mass is 343 g/mol. The van der Waals surface area contributed by atoms with Gasteiger partial charge in [0.2, 0.25) is 0 Å². The van der Waals surface area contributed by atoms with E-state index in [4.69, 9.17) is 10.2 Å². The second-order valence-corrected chi connectivity index (χ2v) is 7.36. The molecular formula is C20H29N3O2. The van der Waals surface area contributed by atoms with Crippen molar-refractivity contribution in [3.63, 3.8) is 0 Å². The third-order valence-electron chi connectivity index (χ3n) is 5.17. The van der Waals surface area contributed by atoms with Crippen molar-refractivity contribution < 1.29 is 9.21 Å². The summed E-state index contributed by atoms with van der Waals surface area (Å²) < 4.78 is 5.92. The Hall–Kier alpha value is -1.85. The molecule has 5 nitrogen and oxygen atoms in total. The minimum atomic E-state index is -0.144. The molecule has 1 aliphatic rings. The molecule has 1 atom stereocenters. The molecule has 1 aromatic heterocycles. The number of hydrogen-bond donors (Lipinski definition) is 2. The molecule has 1 fully saturated rings. The van der Waals surface area contributed by atoms with Crippen LogP contribution in [-0.2, 0) is 6.54 Å². The van der Waals surface area contributed by atoms with Gasteiger partial charge in [-0.15, -0.1) is 0 Å². The van der Waals surface area contributed by atoms with Crippen molar-refractivity contribution in [2.24, 2.45) is 11.7 Å². The highest BCUT2D eigenvalue weighted by molar-refractivity contribution is 5.99. The molecule has 0 aliphatic heterocycles. The highest BCUT2D eigenvalue weighted by Crippen LogP contribution is 2.29. The van der Waals surface area contributed by atoms with Crippen LogP contribution in [0, 0.1) is 5.92 Å². The van der Waals surface area contributed by atoms with Gasteiger partial charge in [-0.1, -0.05) is 37.5 Å². The molecule has 1 aromatic carbocycles. The van der Waals surface area contributed by atoms with Gasteiger partial charge in [0.1, 0.15) is 5.58 Å². The van der Waals surface area contributed by atoms with E-state index in [1.807, 2.05) is 38.4 Å². The van der Waals surface area contributed by atoms with Crippen molar-refractivity contribution in [3.05, 3.63) is 35.6 Å². The van der Waals surface area contributed by atoms with Crippen LogP contribution in [0.3, 0.4) is 0 Å². The Morgan fingerprint density at radius 1 is 1.28 bits per heavy atom. The van der Waals surface area contributed by atoms with E-state index in [9.17, 15) is 4.79 Å². The summed E-state index contributed by atoms with van der Waals surface area (Å²) in [5.41, 5.74) is 7.67. The molecule has 0 spiro atoms. The number of rotatable bonds is 6. The highest BCUT2D eigenvalue weighted by atomic mass is 16.3. The largest absolute Gasteiger partial charge is 0.451 e. The lowest BCUT2D eigenvalue weighted by Gasteiger charge is -2.29. The number of fused-ring (bicyclic) bond motifs is 1. The number of hydrogen-bond acceptors (Lipinski definition) is 4. The van der Waals surface area contributed by atoms with Crippen LogP contribution in [0.1, 0.15) is 48.2 Å². The summed E-state index contributed by atoms with van der Waals surface area (Å²) in [6.07, 6.45) is 6.04. The van der Waals surface area contributed by atoms with Gasteiger partial charge in [-0.3, -0.25) is 4.79 Å². The van der Waals surface area contributed by atoms with Gasteiger partial charge in [-0.2, -0.15) is 0 Å². The van der Waals surface area contributed by atoms with E-state index in [1.54, 1.807) is 0 Å². The molecule has 5 heteroatoms. The van der Waals surface area contributed by atoms with E-state index in [0.717, 1.165) is 29.4 Å². The fourth-order valence-corrected chi connectivity index (χ4v) is 3.90. The summed E-state index contributed by atoms with van der Waals surface area (Å²) >= 11 is 0. The second-order valence-electron chi connectivity index (χ2n) is 7.36. The van der Waals surface area contributed by atoms with Crippen LogP contribution in [0.4, 0.5) is 0 Å². The molecule has 1 saturated carbocycles. The molecule has 25 heavy (non-hydrogen) atoms. The summed E-state index contributed by atoms with van der Waals surface area (Å²) in [4.78, 5) is 15.0. The lowest BCUT2D eigenvalue weighted by molar-refractivity contribution is 0.0887. The maximum Gasteiger partial charge on any atom is 0.287 e. The molecule has 1 aliphatic carbocycles. The van der Waals surface area contributed by atoms with Crippen LogP contribution in [0.25, 0.3) is 11.0 Å². The predicted molar refractivity (Wildman–Crippen MR) is 100 cm³/mol. The van der Waals surface area contributed by atoms with Gasteiger partial charge in [-0.05, 0) is 38.9 Å². The Balaban J connectivity index is 1.85. The fourth-order valence-electron chi connectivity index (χ4n) is 3.90. The summed E-state index contributed by atoms with van der Waals surface area (Å²) in [7, 11) is 3.99. The molecule has 3 rings (SSSR count). The van der Waals surface area contributed by atoms with Crippen LogP contribution in [-0.4, -0.2) is 37.5 Å². The second kappa shape index (κ2) is 8.02. The van der Waals surface area contributed by atoms with Gasteiger partial charge in [0.15, 0.2) is 5.76 Å². The van der Waals surface area contributed by atoms with Crippen molar-refractivity contribution in [3.8, 4) is 0 Å². The zero-order valence-corrected chi connectivity index (χ0v) is 15.3. The molecule has 1 amide bonds. The van der Waals surface area contributed by atoms with Crippen LogP contribution in [0.2, 0.25) is 0 Å². The Bertz CT molecular complexity index is 717. The van der Waals surface area contributed by atoms with E-state index < -0.39 is 0 Å². The van der Waals surface area contributed by atoms with Gasteiger partial charge in [0, 0.05) is 30.1 Å². The molecule has 136 valence electrons. The van der Waals surface area contributed by atoms with Gasteiger partial charge < -0.3 is 20.4 Å². The quantitative estimate of drug-likeness (QED) is 0.845. The van der Waals surface area contributed by atoms with Crippen molar-refractivity contribution in [2.75, 3.05) is 20.6 Å². The summed E-state index contributed by atoms with van der Waals surface area (Å²) in [5.74, 6) is 0.752. The SMILES string of the molecule is CN(C)Cc1c(C(=O)NC(CN)C2CCCCC2)oc2ccccc12. The fraction of sp³-hybridized carbons (Fsp3) is 0.550. The average Bonchev–Trinajstić information content (AvgIpc) is 2.98. The first-order valence-electron chi connectivity index (χ1n) is 9.26. The van der Waals surface area contributed by atoms with Crippen LogP contribution < -0.4 is 11.1 Å². The van der Waals surface area contributed by atoms with Gasteiger partial charge in [0.25, 0.3) is 5.91 Å². The number of nitrogens with one attached hydrogen (secondary N) is 1. The Labute approximate surface area is 149 Å². The molecule has 2 aromatic rings. The Morgan fingerprint density at radius 3 is 2.68 bits per heavy atom. The van der Waals surface area contributed by atoms with Crippen molar-refractivity contribution in [1.29, 1.82) is 0 Å². The van der Waals surface area contributed by atoms with Gasteiger partial charge in [0.05, 0.1) is 0 Å². The maximum atomic E-state index is 12.9. The van der Waals surface area contributed by atoms with Crippen LogP contribution in [0.5, 0.6) is 0 Å². The van der Waals surface area contributed by atoms with Crippen molar-refractivity contribution >= 4 is 16.9 Å². The first-order chi connectivity index (χ1) is 12.1. The minimum Gasteiger partial charge on any atom is -0.451 e. The molecule has 3 N–H and O–H groups in total. The number of carbonyl (C=O) groups excluding carboxylic acids is 1. The normalized spacial score (nSPS) is 17.1. The standard InChI is InChI=1S/C20H29N3O2/c1-23(2)13-16-15-10-6-7-11-18(15)25-19(16)20(24)22-17(12-21)14-8-4-3-5-9-14/h6-7,10-11,14,17H,3-5,8-9,12-13,21H2,1-2H3,(H,22,24). The van der Waals surface area contributed by atoms with E-state index in [0.29, 0.717) is 24.8 Å². The topological polar surface area (TPSA) is 71.5 Å². The summed E-state index contributed by atoms with van der Waals surface area (Å²) in [6.45, 7) is 1.14. The smallest absolute Gasteiger partial charge is 0.287 e. The number of amides is 1. The number of benzene rings is 1. The number of carbonyl (C=O) groups is 1. The molecular weight excluding hydrogens is 314 g/mol. The van der Waals surface area contributed by atoms with E-state index in [2.05, 4.69) is 10.2 Å². The Kier molecular flexibility index (Phi) is 5.76. The van der Waals surface area contributed by atoms with E-state index >= 15 is 0 Å². The molecule has 1 unspecified atom stereocenters. The van der Waals surface area contributed by atoms with Gasteiger partial charge >= 0.3 is 0 Å². The number of nitrogens with two attached hydrogens (primary N) is 1. The molecule has 0 saturated heterocycles. The third kappa shape index (κ3) is 4.05. The molecule has 0 radical (unpaired) electrons. The van der Waals surface area contributed by atoms with E-state index in [1.165, 1.54) is 19.3 Å². The van der Waals surface area contributed by atoms with Crippen molar-refractivity contribution in [2.45, 2.75) is 44.7 Å². The first-order valence-corrected chi connectivity index (χ1v) is 9.26. The zero-order valence-electron chi connectivity index (χ0n) is 15.3. The first kappa shape index (κ1) is 18.0. The van der Waals surface area contributed by atoms with Crippen LogP contribution >= 0.6 is 0 Å². The van der Waals surface area contributed by atoms with E-state index in [-0.39, 0.29) is 11.9 Å². The number of para-hydroxylation sites is 1. The predicted octanol–water partition coefficient (Wildman–Crippen LogP) is 3.13. The minimum absolute atomic E-state index is 0.0215. The summed E-state index contributed by atoms with van der Waals surface area (Å²) in [6, 6.07) is 7.84. The lowest BCUT2D eigenvalue weighted by atomic mass is 9.84. The highest BCUT2D eigenvalue weighted by Gasteiger charge is 2.27. The van der Waals surface area contributed by atoms with Gasteiger partial charge in [-0.25, -0.2) is 0 Å². The number of furan rings is 1. The zero-order chi connectivity index (χ0) is 17.8. The van der Waals surface area contributed by atoms with Crippen molar-refractivity contribution in [1.82, 2.24) is 10.2 Å². The number of nitrogens with zero attached hydrogens (tertiary/aromatic N) is 1. The lowest BCUT2D eigenvalue weighted by Crippen LogP contribution is -2.46. The van der Waals surface area contributed by atoms with Crippen LogP contribution in [0.15, 0.2) is 28.7 Å². The average molecular weight is 343 g/mol. The maximum absolute atomic E-state index is 12.9. The summed E-state index contributed by atoms with van der Waals surface area (Å²) in [5, 5.41) is 4.15.